The third kappa shape index (κ3) is 8.44. The van der Waals surface area contributed by atoms with Gasteiger partial charge in [-0.1, -0.05) is 105 Å². The number of alkyl halides is 5. The van der Waals surface area contributed by atoms with E-state index in [9.17, 15) is 22.0 Å². The highest BCUT2D eigenvalue weighted by atomic mass is 19.4. The highest BCUT2D eigenvalue weighted by Crippen LogP contribution is 2.39. The third-order valence-corrected chi connectivity index (χ3v) is 6.55. The number of benzene rings is 3. The summed E-state index contributed by atoms with van der Waals surface area (Å²) < 4.78 is 68.3. The monoisotopic (exact) mass is 530 g/mol. The third-order valence-electron chi connectivity index (χ3n) is 6.55. The van der Waals surface area contributed by atoms with Gasteiger partial charge in [0.1, 0.15) is 5.75 Å². The van der Waals surface area contributed by atoms with Gasteiger partial charge in [0.15, 0.2) is 0 Å². The minimum absolute atomic E-state index is 0.126. The Balaban J connectivity index is 1.51. The average molecular weight is 531 g/mol. The van der Waals surface area contributed by atoms with E-state index in [2.05, 4.69) is 55.5 Å². The van der Waals surface area contributed by atoms with Gasteiger partial charge in [-0.15, -0.1) is 0 Å². The van der Waals surface area contributed by atoms with Gasteiger partial charge in [0.2, 0.25) is 0 Å². The zero-order valence-corrected chi connectivity index (χ0v) is 21.7. The zero-order chi connectivity index (χ0) is 27.4. The van der Waals surface area contributed by atoms with E-state index in [4.69, 9.17) is 4.74 Å². The van der Waals surface area contributed by atoms with Crippen LogP contribution in [-0.4, -0.2) is 18.7 Å². The van der Waals surface area contributed by atoms with Gasteiger partial charge in [0.05, 0.1) is 6.61 Å². The first-order chi connectivity index (χ1) is 18.2. The molecule has 1 nitrogen and oxygen atoms in total. The number of halogens is 5. The molecule has 3 rings (SSSR count). The highest BCUT2D eigenvalue weighted by molar-refractivity contribution is 5.98. The van der Waals surface area contributed by atoms with E-state index in [1.165, 1.54) is 16.7 Å². The van der Waals surface area contributed by atoms with Crippen molar-refractivity contribution in [2.24, 2.45) is 0 Å². The second-order valence-electron chi connectivity index (χ2n) is 9.39. The minimum atomic E-state index is -5.46. The first-order valence-corrected chi connectivity index (χ1v) is 13.2. The molecule has 0 saturated carbocycles. The average Bonchev–Trinajstić information content (AvgIpc) is 2.91. The molecular formula is C32H35F5O. The molecule has 0 aliphatic heterocycles. The van der Waals surface area contributed by atoms with Crippen LogP contribution in [0.25, 0.3) is 11.1 Å². The normalized spacial score (nSPS) is 12.8. The molecule has 38 heavy (non-hydrogen) atoms. The maximum atomic E-state index is 12.9. The smallest absolute Gasteiger partial charge is 0.453 e. The van der Waals surface area contributed by atoms with E-state index in [1.807, 2.05) is 36.4 Å². The van der Waals surface area contributed by atoms with Crippen LogP contribution in [0.5, 0.6) is 5.75 Å². The molecule has 204 valence electrons. The lowest BCUT2D eigenvalue weighted by atomic mass is 9.88. The summed E-state index contributed by atoms with van der Waals surface area (Å²) in [5, 5.41) is 0. The van der Waals surface area contributed by atoms with Gasteiger partial charge in [0.25, 0.3) is 0 Å². The number of unbranched alkanes of at least 4 members (excludes halogenated alkanes) is 5. The lowest BCUT2D eigenvalue weighted by Gasteiger charge is -2.19. The first-order valence-electron chi connectivity index (χ1n) is 13.2. The summed E-state index contributed by atoms with van der Waals surface area (Å²) in [5.41, 5.74) is 5.93. The van der Waals surface area contributed by atoms with E-state index >= 15 is 0 Å². The Hall–Kier alpha value is -3.15. The van der Waals surface area contributed by atoms with Gasteiger partial charge in [-0.3, -0.25) is 0 Å². The standard InChI is InChI=1S/C32H35F5O/c1-2-29(25-15-9-7-10-16-25)30(26-17-11-8-12-18-26)27-19-21-28(22-20-27)38-24-14-6-4-3-5-13-23-31(33,34)32(35,36)37/h7-12,15-22H,2-6,13-14,23-24H2,1H3. The van der Waals surface area contributed by atoms with E-state index in [-0.39, 0.29) is 6.42 Å². The lowest BCUT2D eigenvalue weighted by molar-refractivity contribution is -0.284. The number of hydrogen-bond acceptors (Lipinski definition) is 1. The second-order valence-corrected chi connectivity index (χ2v) is 9.39. The molecule has 0 bridgehead atoms. The van der Waals surface area contributed by atoms with Crippen molar-refractivity contribution in [2.75, 3.05) is 6.61 Å². The molecule has 3 aromatic carbocycles. The summed E-state index contributed by atoms with van der Waals surface area (Å²) >= 11 is 0. The summed E-state index contributed by atoms with van der Waals surface area (Å²) in [6.45, 7) is 2.69. The molecule has 0 spiro atoms. The minimum Gasteiger partial charge on any atom is -0.494 e. The van der Waals surface area contributed by atoms with Gasteiger partial charge in [-0.25, -0.2) is 0 Å². The van der Waals surface area contributed by atoms with Crippen LogP contribution in [0.3, 0.4) is 0 Å². The van der Waals surface area contributed by atoms with Crippen molar-refractivity contribution in [1.82, 2.24) is 0 Å². The largest absolute Gasteiger partial charge is 0.494 e. The molecule has 0 atom stereocenters. The van der Waals surface area contributed by atoms with Crippen LogP contribution in [-0.2, 0) is 0 Å². The fourth-order valence-electron chi connectivity index (χ4n) is 4.49. The Bertz CT molecular complexity index is 1120. The van der Waals surface area contributed by atoms with Crippen LogP contribution in [0.2, 0.25) is 0 Å². The Morgan fingerprint density at radius 2 is 1.11 bits per heavy atom. The van der Waals surface area contributed by atoms with Crippen LogP contribution in [0.1, 0.15) is 75.0 Å². The van der Waals surface area contributed by atoms with Gasteiger partial charge < -0.3 is 4.74 Å². The molecule has 0 radical (unpaired) electrons. The van der Waals surface area contributed by atoms with Gasteiger partial charge in [-0.2, -0.15) is 22.0 Å². The predicted molar refractivity (Wildman–Crippen MR) is 144 cm³/mol. The van der Waals surface area contributed by atoms with Crippen molar-refractivity contribution < 1.29 is 26.7 Å². The molecule has 0 aromatic heterocycles. The van der Waals surface area contributed by atoms with Crippen molar-refractivity contribution >= 4 is 11.1 Å². The summed E-state index contributed by atoms with van der Waals surface area (Å²) in [4.78, 5) is 0. The van der Waals surface area contributed by atoms with E-state index in [1.54, 1.807) is 0 Å². The summed E-state index contributed by atoms with van der Waals surface area (Å²) in [6.07, 6.45) is -2.41. The Kier molecular flexibility index (Phi) is 10.9. The van der Waals surface area contributed by atoms with Gasteiger partial charge in [-0.05, 0) is 59.2 Å². The number of hydrogen-bond donors (Lipinski definition) is 0. The van der Waals surface area contributed by atoms with E-state index in [0.29, 0.717) is 19.4 Å². The van der Waals surface area contributed by atoms with Crippen molar-refractivity contribution in [3.05, 3.63) is 102 Å². The van der Waals surface area contributed by atoms with Crippen molar-refractivity contribution in [1.29, 1.82) is 0 Å². The van der Waals surface area contributed by atoms with E-state index < -0.39 is 18.5 Å². The lowest BCUT2D eigenvalue weighted by Crippen LogP contribution is -2.36. The van der Waals surface area contributed by atoms with Crippen LogP contribution >= 0.6 is 0 Å². The van der Waals surface area contributed by atoms with Gasteiger partial charge in [0, 0.05) is 6.42 Å². The number of rotatable bonds is 14. The maximum Gasteiger partial charge on any atom is 0.453 e. The van der Waals surface area contributed by atoms with Crippen LogP contribution in [0.15, 0.2) is 84.9 Å². The fraction of sp³-hybridized carbons (Fsp3) is 0.375. The summed E-state index contributed by atoms with van der Waals surface area (Å²) in [5.74, 6) is -3.82. The summed E-state index contributed by atoms with van der Waals surface area (Å²) in [7, 11) is 0. The van der Waals surface area contributed by atoms with Crippen molar-refractivity contribution in [2.45, 2.75) is 70.4 Å². The van der Waals surface area contributed by atoms with Crippen molar-refractivity contribution in [3.63, 3.8) is 0 Å². The quantitative estimate of drug-likeness (QED) is 0.114. The topological polar surface area (TPSA) is 9.23 Å². The number of ether oxygens (including phenoxy) is 1. The molecular weight excluding hydrogens is 495 g/mol. The SMILES string of the molecule is CCC(=C(c1ccccc1)c1ccc(OCCCCCCCCC(F)(F)C(F)(F)F)cc1)c1ccccc1. The first kappa shape index (κ1) is 29.4. The molecule has 0 aliphatic rings. The molecule has 6 heteroatoms. The Morgan fingerprint density at radius 1 is 0.605 bits per heavy atom. The Morgan fingerprint density at radius 3 is 1.66 bits per heavy atom. The van der Waals surface area contributed by atoms with E-state index in [0.717, 1.165) is 42.6 Å². The molecule has 0 saturated heterocycles. The predicted octanol–water partition coefficient (Wildman–Crippen LogP) is 10.4. The maximum absolute atomic E-state index is 12.9. The molecule has 3 aromatic rings. The molecule has 0 unspecified atom stereocenters. The highest BCUT2D eigenvalue weighted by Gasteiger charge is 2.56. The molecule has 0 N–H and O–H groups in total. The van der Waals surface area contributed by atoms with Crippen LogP contribution < -0.4 is 4.74 Å². The fourth-order valence-corrected chi connectivity index (χ4v) is 4.49. The van der Waals surface area contributed by atoms with Crippen LogP contribution in [0.4, 0.5) is 22.0 Å². The zero-order valence-electron chi connectivity index (χ0n) is 21.7. The Labute approximate surface area is 222 Å². The van der Waals surface area contributed by atoms with Gasteiger partial charge >= 0.3 is 12.1 Å². The molecule has 0 aliphatic carbocycles. The molecule has 0 amide bonds. The molecule has 0 fully saturated rings. The number of allylic oxidation sites excluding steroid dienone is 1. The summed E-state index contributed by atoms with van der Waals surface area (Å²) in [6, 6.07) is 28.8. The van der Waals surface area contributed by atoms with Crippen molar-refractivity contribution in [3.8, 4) is 5.75 Å². The second kappa shape index (κ2) is 14.1. The van der Waals surface area contributed by atoms with Crippen LogP contribution in [0, 0.1) is 0 Å². The molecule has 0 heterocycles.